The van der Waals surface area contributed by atoms with Crippen LogP contribution >= 0.6 is 23.4 Å². The standard InChI is InChI=1S/C12H16N2O4S.C6H5ClO3S/c1-2-4-18-5-3-7-6-19-11-8(13)10(15)14(11)9(7)12(16)17;7-5-1-3-6(4-2-5)11(8,9)10/h3,5,8,11H,2,4,6,13H2,1H3,(H,16,17);1-4H,(H,8,9,10)/t8?,11-;/m1./s1. The summed E-state index contributed by atoms with van der Waals surface area (Å²) in [5, 5.41) is 9.43. The lowest BCUT2D eigenvalue weighted by atomic mass is 10.0. The van der Waals surface area contributed by atoms with Crippen molar-refractivity contribution in [2.45, 2.75) is 29.7 Å². The zero-order valence-corrected chi connectivity index (χ0v) is 18.3. The van der Waals surface area contributed by atoms with Gasteiger partial charge in [-0.1, -0.05) is 18.5 Å². The molecule has 164 valence electrons. The van der Waals surface area contributed by atoms with E-state index < -0.39 is 22.1 Å². The molecule has 0 aromatic heterocycles. The van der Waals surface area contributed by atoms with Gasteiger partial charge in [0.2, 0.25) is 5.91 Å². The Kier molecular flexibility index (Phi) is 8.33. The van der Waals surface area contributed by atoms with Gasteiger partial charge in [0.05, 0.1) is 17.8 Å². The summed E-state index contributed by atoms with van der Waals surface area (Å²) in [6, 6.07) is 4.66. The molecule has 1 aromatic carbocycles. The van der Waals surface area contributed by atoms with Gasteiger partial charge in [-0.2, -0.15) is 8.42 Å². The van der Waals surface area contributed by atoms with Gasteiger partial charge in [0, 0.05) is 10.8 Å². The molecule has 12 heteroatoms. The number of halogens is 1. The number of amides is 1. The van der Waals surface area contributed by atoms with Crippen LogP contribution in [0.4, 0.5) is 0 Å². The van der Waals surface area contributed by atoms with Crippen LogP contribution in [0.25, 0.3) is 0 Å². The second kappa shape index (κ2) is 10.3. The van der Waals surface area contributed by atoms with Crippen LogP contribution < -0.4 is 5.73 Å². The van der Waals surface area contributed by atoms with E-state index in [4.69, 9.17) is 26.6 Å². The van der Waals surface area contributed by atoms with Crippen LogP contribution in [-0.4, -0.2) is 58.6 Å². The molecule has 0 bridgehead atoms. The number of rotatable bonds is 6. The van der Waals surface area contributed by atoms with Crippen molar-refractivity contribution >= 4 is 45.4 Å². The topological polar surface area (TPSA) is 147 Å². The molecule has 2 aliphatic rings. The number of β-lactam (4-membered cyclic amide) rings is 1. The third-order valence-electron chi connectivity index (χ3n) is 4.04. The molecule has 0 saturated carbocycles. The van der Waals surface area contributed by atoms with E-state index in [-0.39, 0.29) is 21.9 Å². The van der Waals surface area contributed by atoms with E-state index in [0.29, 0.717) is 23.0 Å². The summed E-state index contributed by atoms with van der Waals surface area (Å²) in [4.78, 5) is 24.1. The molecule has 1 amide bonds. The lowest BCUT2D eigenvalue weighted by molar-refractivity contribution is -0.147. The summed E-state index contributed by atoms with van der Waals surface area (Å²) in [7, 11) is -4.08. The maximum absolute atomic E-state index is 11.7. The minimum atomic E-state index is -4.08. The first kappa shape index (κ1) is 24.2. The number of nitrogens with two attached hydrogens (primary N) is 1. The molecule has 1 saturated heterocycles. The van der Waals surface area contributed by atoms with Gasteiger partial charge < -0.3 is 15.6 Å². The molecule has 1 unspecified atom stereocenters. The molecule has 1 fully saturated rings. The molecule has 0 spiro atoms. The summed E-state index contributed by atoms with van der Waals surface area (Å²) in [6.45, 7) is 2.56. The number of fused-ring (bicyclic) bond motifs is 1. The fourth-order valence-corrected chi connectivity index (χ4v) is 4.46. The Bertz CT molecular complexity index is 961. The zero-order chi connectivity index (χ0) is 22.5. The second-order valence-corrected chi connectivity index (χ2v) is 9.18. The first-order chi connectivity index (χ1) is 14.1. The van der Waals surface area contributed by atoms with Gasteiger partial charge in [-0.3, -0.25) is 14.2 Å². The van der Waals surface area contributed by atoms with E-state index in [1.54, 1.807) is 6.08 Å². The fourth-order valence-electron chi connectivity index (χ4n) is 2.59. The van der Waals surface area contributed by atoms with Crippen molar-refractivity contribution < 1.29 is 32.4 Å². The second-order valence-electron chi connectivity index (χ2n) is 6.22. The molecule has 0 aliphatic carbocycles. The number of hydrogen-bond donors (Lipinski definition) is 3. The third kappa shape index (κ3) is 5.76. The van der Waals surface area contributed by atoms with Crippen molar-refractivity contribution in [1.29, 1.82) is 0 Å². The Morgan fingerprint density at radius 2 is 2.03 bits per heavy atom. The number of carboxylic acids is 1. The Labute approximate surface area is 183 Å². The Balaban J connectivity index is 0.000000248. The number of carboxylic acid groups (broad SMARTS) is 1. The average Bonchev–Trinajstić information content (AvgIpc) is 2.70. The molecular weight excluding hydrogens is 456 g/mol. The van der Waals surface area contributed by atoms with Gasteiger partial charge in [-0.25, -0.2) is 4.79 Å². The van der Waals surface area contributed by atoms with Gasteiger partial charge in [0.1, 0.15) is 17.1 Å². The van der Waals surface area contributed by atoms with Crippen LogP contribution in [0.5, 0.6) is 0 Å². The third-order valence-corrected chi connectivity index (χ3v) is 6.48. The highest BCUT2D eigenvalue weighted by molar-refractivity contribution is 8.00. The average molecular weight is 477 g/mol. The minimum absolute atomic E-state index is 0.0202. The SMILES string of the molecule is CCCOC=CC1=C(C(=O)O)N2C(=O)C(N)[C@H]2SC1.O=S(=O)(O)c1ccc(Cl)cc1. The van der Waals surface area contributed by atoms with Gasteiger partial charge in [0.15, 0.2) is 0 Å². The van der Waals surface area contributed by atoms with Crippen LogP contribution in [0.15, 0.2) is 52.8 Å². The summed E-state index contributed by atoms with van der Waals surface area (Å²) >= 11 is 6.96. The van der Waals surface area contributed by atoms with Crippen molar-refractivity contribution in [1.82, 2.24) is 4.90 Å². The Morgan fingerprint density at radius 3 is 2.57 bits per heavy atom. The lowest BCUT2D eigenvalue weighted by Gasteiger charge is -2.47. The molecule has 30 heavy (non-hydrogen) atoms. The predicted octanol–water partition coefficient (Wildman–Crippen LogP) is 2.09. The van der Waals surface area contributed by atoms with E-state index in [1.807, 2.05) is 6.92 Å². The lowest BCUT2D eigenvalue weighted by Crippen LogP contribution is -2.68. The van der Waals surface area contributed by atoms with E-state index in [1.165, 1.54) is 47.2 Å². The van der Waals surface area contributed by atoms with E-state index in [9.17, 15) is 23.1 Å². The molecule has 9 nitrogen and oxygen atoms in total. The van der Waals surface area contributed by atoms with Gasteiger partial charge in [-0.15, -0.1) is 11.8 Å². The van der Waals surface area contributed by atoms with Crippen LogP contribution in [0, 0.1) is 0 Å². The normalized spacial score (nSPS) is 20.9. The monoisotopic (exact) mass is 476 g/mol. The molecule has 1 aromatic rings. The smallest absolute Gasteiger partial charge is 0.352 e. The van der Waals surface area contributed by atoms with Crippen molar-refractivity contribution in [3.63, 3.8) is 0 Å². The molecule has 2 atom stereocenters. The number of allylic oxidation sites excluding steroid dienone is 1. The number of thioether (sulfide) groups is 1. The van der Waals surface area contributed by atoms with Crippen molar-refractivity contribution in [2.24, 2.45) is 5.73 Å². The number of carbonyl (C=O) groups is 2. The van der Waals surface area contributed by atoms with Crippen molar-refractivity contribution in [2.75, 3.05) is 12.4 Å². The minimum Gasteiger partial charge on any atom is -0.501 e. The van der Waals surface area contributed by atoms with Gasteiger partial charge >= 0.3 is 5.97 Å². The van der Waals surface area contributed by atoms with Crippen LogP contribution in [0.1, 0.15) is 13.3 Å². The Morgan fingerprint density at radius 1 is 1.40 bits per heavy atom. The largest absolute Gasteiger partial charge is 0.501 e. The highest BCUT2D eigenvalue weighted by Gasteiger charge is 2.51. The van der Waals surface area contributed by atoms with Crippen LogP contribution in [-0.2, 0) is 24.4 Å². The molecule has 0 radical (unpaired) electrons. The highest BCUT2D eigenvalue weighted by Crippen LogP contribution is 2.39. The maximum Gasteiger partial charge on any atom is 0.352 e. The van der Waals surface area contributed by atoms with Crippen LogP contribution in [0.2, 0.25) is 5.02 Å². The number of benzene rings is 1. The first-order valence-corrected chi connectivity index (χ1v) is 11.6. The highest BCUT2D eigenvalue weighted by atomic mass is 35.5. The maximum atomic E-state index is 11.7. The van der Waals surface area contributed by atoms with Gasteiger partial charge in [-0.05, 0) is 42.3 Å². The molecule has 2 heterocycles. The summed E-state index contributed by atoms with van der Waals surface area (Å²) < 4.78 is 34.6. The van der Waals surface area contributed by atoms with E-state index in [0.717, 1.165) is 6.42 Å². The number of hydrogen-bond acceptors (Lipinski definition) is 7. The summed E-state index contributed by atoms with van der Waals surface area (Å²) in [6.07, 6.45) is 3.97. The number of aliphatic carboxylic acids is 1. The number of carbonyl (C=O) groups excluding carboxylic acids is 1. The predicted molar refractivity (Wildman–Crippen MR) is 112 cm³/mol. The fraction of sp³-hybridized carbons (Fsp3) is 0.333. The van der Waals surface area contributed by atoms with Crippen molar-refractivity contribution in [3.05, 3.63) is 52.9 Å². The summed E-state index contributed by atoms with van der Waals surface area (Å²) in [5.41, 5.74) is 6.25. The van der Waals surface area contributed by atoms with E-state index >= 15 is 0 Å². The van der Waals surface area contributed by atoms with Crippen molar-refractivity contribution in [3.8, 4) is 0 Å². The Hall–Kier alpha value is -2.05. The molecule has 2 aliphatic heterocycles. The summed E-state index contributed by atoms with van der Waals surface area (Å²) in [5.74, 6) is -0.939. The zero-order valence-electron chi connectivity index (χ0n) is 15.9. The van der Waals surface area contributed by atoms with Crippen LogP contribution in [0.3, 0.4) is 0 Å². The van der Waals surface area contributed by atoms with Gasteiger partial charge in [0.25, 0.3) is 10.1 Å². The number of ether oxygens (including phenoxy) is 1. The van der Waals surface area contributed by atoms with E-state index in [2.05, 4.69) is 0 Å². The molecular formula is C18H21ClN2O7S2. The molecule has 4 N–H and O–H groups in total. The first-order valence-electron chi connectivity index (χ1n) is 8.75. The quantitative estimate of drug-likeness (QED) is 0.243. The molecule has 3 rings (SSSR count). The number of nitrogens with zero attached hydrogens (tertiary/aromatic N) is 1.